The van der Waals surface area contributed by atoms with Gasteiger partial charge in [0.2, 0.25) is 5.91 Å². The van der Waals surface area contributed by atoms with E-state index in [9.17, 15) is 20.0 Å². The summed E-state index contributed by atoms with van der Waals surface area (Å²) in [5.74, 6) is -3.90. The Bertz CT molecular complexity index is 745. The number of ether oxygens (including phenoxy) is 1. The number of aliphatic imine (C=N–C) groups is 1. The lowest BCUT2D eigenvalue weighted by Gasteiger charge is -2.41. The van der Waals surface area contributed by atoms with Crippen LogP contribution in [-0.2, 0) is 14.3 Å². The lowest BCUT2D eigenvalue weighted by atomic mass is 9.71. The van der Waals surface area contributed by atoms with Crippen molar-refractivity contribution < 1.29 is 19.4 Å². The molecule has 8 nitrogen and oxygen atoms in total. The average Bonchev–Trinajstić information content (AvgIpc) is 2.59. The summed E-state index contributed by atoms with van der Waals surface area (Å²) in [6.07, 6.45) is 3.09. The highest BCUT2D eigenvalue weighted by Crippen LogP contribution is 2.45. The molecule has 1 aromatic rings. The number of amides is 1. The fraction of sp³-hybridized carbons (Fsp3) is 0.471. The second-order valence-electron chi connectivity index (χ2n) is 5.94. The van der Waals surface area contributed by atoms with Gasteiger partial charge >= 0.3 is 5.97 Å². The molecule has 0 aliphatic carbocycles. The second-order valence-corrected chi connectivity index (χ2v) is 6.94. The molecule has 2 heterocycles. The van der Waals surface area contributed by atoms with E-state index in [0.29, 0.717) is 5.56 Å². The van der Waals surface area contributed by atoms with Gasteiger partial charge in [-0.1, -0.05) is 11.8 Å². The quantitative estimate of drug-likeness (QED) is 0.725. The van der Waals surface area contributed by atoms with Crippen molar-refractivity contribution in [3.63, 3.8) is 0 Å². The molecule has 1 aliphatic rings. The minimum atomic E-state index is -1.80. The van der Waals surface area contributed by atoms with Crippen LogP contribution < -0.4 is 5.73 Å². The lowest BCUT2D eigenvalue weighted by molar-refractivity contribution is -0.159. The number of primary amides is 1. The maximum absolute atomic E-state index is 12.6. The van der Waals surface area contributed by atoms with E-state index < -0.39 is 35.4 Å². The van der Waals surface area contributed by atoms with Crippen LogP contribution in [0.4, 0.5) is 0 Å². The first-order valence-corrected chi connectivity index (χ1v) is 8.99. The number of esters is 1. The van der Waals surface area contributed by atoms with E-state index in [-0.39, 0.29) is 17.4 Å². The smallest absolute Gasteiger partial charge is 0.314 e. The zero-order chi connectivity index (χ0) is 19.3. The number of nitrogens with zero attached hydrogens (tertiary/aromatic N) is 3. The van der Waals surface area contributed by atoms with Gasteiger partial charge in [-0.3, -0.25) is 14.6 Å². The molecular weight excluding hydrogens is 356 g/mol. The van der Waals surface area contributed by atoms with Gasteiger partial charge in [0.15, 0.2) is 5.72 Å². The minimum absolute atomic E-state index is 0.0831. The van der Waals surface area contributed by atoms with Gasteiger partial charge in [-0.15, -0.1) is 0 Å². The summed E-state index contributed by atoms with van der Waals surface area (Å²) in [6, 6.07) is 5.51. The van der Waals surface area contributed by atoms with Gasteiger partial charge in [0, 0.05) is 18.3 Å². The van der Waals surface area contributed by atoms with Crippen LogP contribution in [0.15, 0.2) is 29.5 Å². The van der Waals surface area contributed by atoms with Gasteiger partial charge in [-0.05, 0) is 31.5 Å². The fourth-order valence-electron chi connectivity index (χ4n) is 3.02. The zero-order valence-electron chi connectivity index (χ0n) is 14.5. The lowest BCUT2D eigenvalue weighted by Crippen LogP contribution is -2.50. The Morgan fingerprint density at radius 2 is 2.12 bits per heavy atom. The molecule has 26 heavy (non-hydrogen) atoms. The first-order valence-electron chi connectivity index (χ1n) is 8.01. The van der Waals surface area contributed by atoms with Crippen LogP contribution in [0.5, 0.6) is 0 Å². The number of nitriles is 1. The van der Waals surface area contributed by atoms with Gasteiger partial charge in [0.05, 0.1) is 23.5 Å². The maximum Gasteiger partial charge on any atom is 0.314 e. The van der Waals surface area contributed by atoms with Crippen molar-refractivity contribution in [2.24, 2.45) is 22.6 Å². The van der Waals surface area contributed by atoms with Crippen molar-refractivity contribution in [3.8, 4) is 6.07 Å². The van der Waals surface area contributed by atoms with E-state index >= 15 is 0 Å². The molecular formula is C17H20N4O4S. The Kier molecular flexibility index (Phi) is 6.34. The van der Waals surface area contributed by atoms with Crippen LogP contribution in [0, 0.1) is 23.2 Å². The molecule has 0 bridgehead atoms. The number of pyridine rings is 1. The molecule has 138 valence electrons. The molecule has 0 saturated carbocycles. The third-order valence-corrected chi connectivity index (χ3v) is 5.11. The molecule has 1 aliphatic heterocycles. The van der Waals surface area contributed by atoms with Crippen molar-refractivity contribution in [3.05, 3.63) is 30.1 Å². The Morgan fingerprint density at radius 1 is 1.46 bits per heavy atom. The molecule has 0 saturated heterocycles. The van der Waals surface area contributed by atoms with Crippen LogP contribution in [0.1, 0.15) is 25.3 Å². The molecule has 1 aromatic heterocycles. The molecule has 0 unspecified atom stereocenters. The molecule has 9 heteroatoms. The second kappa shape index (κ2) is 8.29. The van der Waals surface area contributed by atoms with Crippen LogP contribution in [0.25, 0.3) is 0 Å². The summed E-state index contributed by atoms with van der Waals surface area (Å²) < 4.78 is 5.12. The molecule has 1 amide bonds. The van der Waals surface area contributed by atoms with E-state index in [1.165, 1.54) is 6.92 Å². The normalized spacial score (nSPS) is 27.9. The maximum atomic E-state index is 12.6. The molecule has 4 atom stereocenters. The molecule has 0 radical (unpaired) electrons. The summed E-state index contributed by atoms with van der Waals surface area (Å²) in [4.78, 5) is 31.8. The number of rotatable bonds is 5. The number of carbonyl (C=O) groups is 2. The first-order chi connectivity index (χ1) is 12.3. The van der Waals surface area contributed by atoms with Crippen molar-refractivity contribution in [1.29, 1.82) is 5.26 Å². The van der Waals surface area contributed by atoms with Crippen LogP contribution in [0.2, 0.25) is 0 Å². The molecule has 2 rings (SSSR count). The molecule has 0 spiro atoms. The van der Waals surface area contributed by atoms with Gasteiger partial charge in [0.25, 0.3) is 0 Å². The first kappa shape index (κ1) is 19.9. The van der Waals surface area contributed by atoms with E-state index in [4.69, 9.17) is 10.5 Å². The van der Waals surface area contributed by atoms with Crippen LogP contribution in [-0.4, -0.2) is 45.1 Å². The number of hydrogen-bond donors (Lipinski definition) is 2. The third-order valence-electron chi connectivity index (χ3n) is 4.04. The largest absolute Gasteiger partial charge is 0.466 e. The predicted octanol–water partition coefficient (Wildman–Crippen LogP) is 0.823. The van der Waals surface area contributed by atoms with Crippen LogP contribution >= 0.6 is 11.8 Å². The number of aromatic nitrogens is 1. The number of nitrogens with two attached hydrogens (primary N) is 1. The van der Waals surface area contributed by atoms with Crippen molar-refractivity contribution in [2.45, 2.75) is 25.5 Å². The van der Waals surface area contributed by atoms with Gasteiger partial charge in [-0.25, -0.2) is 4.99 Å². The number of aliphatic hydroxyl groups is 1. The zero-order valence-corrected chi connectivity index (χ0v) is 15.3. The van der Waals surface area contributed by atoms with Gasteiger partial charge in [0.1, 0.15) is 11.8 Å². The molecule has 3 N–H and O–H groups in total. The standard InChI is InChI=1S/C17H20N4O4S/c1-3-25-16(23)14-13(10-4-6-20-7-5-10)11(8-18)15(21-17(14,2)24)26-9-12(19)22/h4-7,11,13-14,24H,3,9H2,1-2H3,(H2,19,22)/t11-,13-,14+,17+/m1/s1. The average molecular weight is 376 g/mol. The van der Waals surface area contributed by atoms with E-state index in [1.54, 1.807) is 31.5 Å². The van der Waals surface area contributed by atoms with Crippen LogP contribution in [0.3, 0.4) is 0 Å². The van der Waals surface area contributed by atoms with Crippen molar-refractivity contribution in [1.82, 2.24) is 4.98 Å². The van der Waals surface area contributed by atoms with E-state index in [1.807, 2.05) is 0 Å². The van der Waals surface area contributed by atoms with E-state index in [0.717, 1.165) is 11.8 Å². The highest BCUT2D eigenvalue weighted by atomic mass is 32.2. The summed E-state index contributed by atoms with van der Waals surface area (Å²) >= 11 is 0.991. The fourth-order valence-corrected chi connectivity index (χ4v) is 3.94. The minimum Gasteiger partial charge on any atom is -0.466 e. The Balaban J connectivity index is 2.56. The summed E-state index contributed by atoms with van der Waals surface area (Å²) in [6.45, 7) is 3.19. The predicted molar refractivity (Wildman–Crippen MR) is 95.9 cm³/mol. The molecule has 0 fully saturated rings. The van der Waals surface area contributed by atoms with Gasteiger partial charge < -0.3 is 15.6 Å². The van der Waals surface area contributed by atoms with E-state index in [2.05, 4.69) is 16.0 Å². The monoisotopic (exact) mass is 376 g/mol. The number of thioether (sulfide) groups is 1. The van der Waals surface area contributed by atoms with Crippen molar-refractivity contribution >= 4 is 28.7 Å². The highest BCUT2D eigenvalue weighted by molar-refractivity contribution is 8.14. The van der Waals surface area contributed by atoms with Gasteiger partial charge in [-0.2, -0.15) is 5.26 Å². The SMILES string of the molecule is CCOC(=O)[C@@H]1[C@H](c2ccncc2)[C@@H](C#N)C(SCC(N)=O)=N[C@@]1(C)O. The summed E-state index contributed by atoms with van der Waals surface area (Å²) in [7, 11) is 0. The topological polar surface area (TPSA) is 139 Å². The Hall–Kier alpha value is -2.44. The van der Waals surface area contributed by atoms with Crippen molar-refractivity contribution in [2.75, 3.05) is 12.4 Å². The molecule has 0 aromatic carbocycles. The Morgan fingerprint density at radius 3 is 2.65 bits per heavy atom. The number of carbonyl (C=O) groups excluding carboxylic acids is 2. The summed E-state index contributed by atoms with van der Waals surface area (Å²) in [5, 5.41) is 20.9. The highest BCUT2D eigenvalue weighted by Gasteiger charge is 2.52. The third kappa shape index (κ3) is 4.20. The number of hydrogen-bond acceptors (Lipinski definition) is 8. The Labute approximate surface area is 155 Å². The summed E-state index contributed by atoms with van der Waals surface area (Å²) in [5.41, 5.74) is 4.03.